The Bertz CT molecular complexity index is 1330. The van der Waals surface area contributed by atoms with Crippen LogP contribution in [0.3, 0.4) is 0 Å². The smallest absolute Gasteiger partial charge is 0.416 e. The molecule has 0 radical (unpaired) electrons. The van der Waals surface area contributed by atoms with Gasteiger partial charge in [-0.15, -0.1) is 0 Å². The number of carbonyl (C=O) groups is 1. The number of carboxylic acids is 1. The Morgan fingerprint density at radius 1 is 1.05 bits per heavy atom. The number of alkyl halides is 3. The maximum atomic E-state index is 14.1. The van der Waals surface area contributed by atoms with Crippen molar-refractivity contribution >= 4 is 5.97 Å². The Kier molecular flexibility index (Phi) is 6.10. The molecule has 1 aromatic heterocycles. The van der Waals surface area contributed by atoms with Crippen molar-refractivity contribution < 1.29 is 27.6 Å². The van der Waals surface area contributed by atoms with Crippen molar-refractivity contribution in [2.24, 2.45) is 5.92 Å². The van der Waals surface area contributed by atoms with Crippen LogP contribution in [0.4, 0.5) is 13.2 Å². The Balaban J connectivity index is 1.27. The Morgan fingerprint density at radius 2 is 1.84 bits per heavy atom. The molecule has 2 fully saturated rings. The summed E-state index contributed by atoms with van der Waals surface area (Å²) in [4.78, 5) is 13.2. The molecule has 0 bridgehead atoms. The first-order valence-electron chi connectivity index (χ1n) is 13.1. The second-order valence-electron chi connectivity index (χ2n) is 10.7. The highest BCUT2D eigenvalue weighted by molar-refractivity contribution is 5.77. The number of hydrogen-bond acceptors (Lipinski definition) is 4. The zero-order chi connectivity index (χ0) is 25.7. The fourth-order valence-electron chi connectivity index (χ4n) is 6.25. The highest BCUT2D eigenvalue weighted by Crippen LogP contribution is 2.44. The number of rotatable bonds is 5. The summed E-state index contributed by atoms with van der Waals surface area (Å²) < 4.78 is 48.0. The third-order valence-electron chi connectivity index (χ3n) is 8.24. The highest BCUT2D eigenvalue weighted by Gasteiger charge is 2.37. The number of likely N-dealkylation sites (tertiary alicyclic amines) is 1. The van der Waals surface area contributed by atoms with Crippen LogP contribution in [0.2, 0.25) is 0 Å². The van der Waals surface area contributed by atoms with Gasteiger partial charge in [0.25, 0.3) is 0 Å². The van der Waals surface area contributed by atoms with E-state index in [-0.39, 0.29) is 11.8 Å². The summed E-state index contributed by atoms with van der Waals surface area (Å²) >= 11 is 0. The van der Waals surface area contributed by atoms with Crippen molar-refractivity contribution in [3.05, 3.63) is 64.2 Å². The van der Waals surface area contributed by atoms with E-state index in [4.69, 9.17) is 9.63 Å². The molecule has 2 aromatic carbocycles. The lowest BCUT2D eigenvalue weighted by Gasteiger charge is -2.36. The molecule has 1 aliphatic heterocycles. The van der Waals surface area contributed by atoms with Crippen molar-refractivity contribution in [1.82, 2.24) is 10.1 Å². The summed E-state index contributed by atoms with van der Waals surface area (Å²) in [5.41, 5.74) is 5.01. The fraction of sp³-hybridized carbons (Fsp3) is 0.448. The summed E-state index contributed by atoms with van der Waals surface area (Å²) in [6.45, 7) is 1.81. The third-order valence-corrected chi connectivity index (χ3v) is 8.24. The summed E-state index contributed by atoms with van der Waals surface area (Å²) in [6, 6.07) is 10.8. The molecule has 2 aliphatic carbocycles. The number of fused-ring (bicyclic) bond motifs is 3. The summed E-state index contributed by atoms with van der Waals surface area (Å²) in [6.07, 6.45) is 1.60. The highest BCUT2D eigenvalue weighted by atomic mass is 19.4. The average Bonchev–Trinajstić information content (AvgIpc) is 3.30. The summed E-state index contributed by atoms with van der Waals surface area (Å²) in [7, 11) is 0. The third kappa shape index (κ3) is 4.56. The molecule has 1 N–H and O–H groups in total. The number of nitrogens with zero attached hydrogens (tertiary/aromatic N) is 2. The van der Waals surface area contributed by atoms with Gasteiger partial charge in [0.15, 0.2) is 5.76 Å². The van der Waals surface area contributed by atoms with Gasteiger partial charge in [0, 0.05) is 36.3 Å². The van der Waals surface area contributed by atoms with Crippen molar-refractivity contribution in [2.45, 2.75) is 63.6 Å². The molecule has 0 unspecified atom stereocenters. The van der Waals surface area contributed by atoms with E-state index in [0.717, 1.165) is 60.8 Å². The van der Waals surface area contributed by atoms with Crippen molar-refractivity contribution in [3.63, 3.8) is 0 Å². The van der Waals surface area contributed by atoms with Gasteiger partial charge in [-0.3, -0.25) is 9.69 Å². The van der Waals surface area contributed by atoms with Crippen LogP contribution in [-0.4, -0.2) is 34.2 Å². The van der Waals surface area contributed by atoms with Gasteiger partial charge in [-0.2, -0.15) is 13.2 Å². The molecular formula is C29H29F3N2O3. The minimum Gasteiger partial charge on any atom is -0.481 e. The quantitative estimate of drug-likeness (QED) is 0.414. The van der Waals surface area contributed by atoms with Gasteiger partial charge < -0.3 is 9.63 Å². The molecule has 1 saturated heterocycles. The minimum absolute atomic E-state index is 0.0459. The van der Waals surface area contributed by atoms with Gasteiger partial charge in [-0.1, -0.05) is 54.8 Å². The molecule has 37 heavy (non-hydrogen) atoms. The van der Waals surface area contributed by atoms with Crippen LogP contribution in [0.15, 0.2) is 40.9 Å². The maximum absolute atomic E-state index is 14.1. The fourth-order valence-corrected chi connectivity index (χ4v) is 6.25. The van der Waals surface area contributed by atoms with Gasteiger partial charge in [0.2, 0.25) is 0 Å². The summed E-state index contributed by atoms with van der Waals surface area (Å²) in [5.74, 6) is -0.661. The Labute approximate surface area is 213 Å². The van der Waals surface area contributed by atoms with E-state index in [2.05, 4.69) is 16.1 Å². The van der Waals surface area contributed by atoms with Crippen LogP contribution in [-0.2, 0) is 30.4 Å². The molecule has 3 aliphatic rings. The maximum Gasteiger partial charge on any atom is 0.416 e. The van der Waals surface area contributed by atoms with Crippen molar-refractivity contribution in [1.29, 1.82) is 0 Å². The molecule has 1 saturated carbocycles. The molecule has 0 spiro atoms. The van der Waals surface area contributed by atoms with Gasteiger partial charge in [0.05, 0.1) is 11.5 Å². The number of halogens is 3. The van der Waals surface area contributed by atoms with Gasteiger partial charge >= 0.3 is 12.1 Å². The number of benzene rings is 2. The van der Waals surface area contributed by atoms with E-state index in [0.29, 0.717) is 48.6 Å². The van der Waals surface area contributed by atoms with Crippen LogP contribution in [0, 0.1) is 5.92 Å². The molecule has 2 heterocycles. The van der Waals surface area contributed by atoms with Gasteiger partial charge in [-0.05, 0) is 54.4 Å². The Morgan fingerprint density at radius 3 is 2.57 bits per heavy atom. The number of aromatic nitrogens is 1. The average molecular weight is 511 g/mol. The SMILES string of the molecule is O=C(O)C1CN(Cc2ccc3c(c2)CCc2c-3noc2-c2ccc(C3CCCCC3)c(C(F)(F)F)c2)C1. The van der Waals surface area contributed by atoms with Gasteiger partial charge in [0.1, 0.15) is 5.69 Å². The predicted octanol–water partition coefficient (Wildman–Crippen LogP) is 6.69. The van der Waals surface area contributed by atoms with E-state index in [1.165, 1.54) is 6.07 Å². The zero-order valence-electron chi connectivity index (χ0n) is 20.5. The number of aliphatic carboxylic acids is 1. The number of aryl methyl sites for hydroxylation is 1. The summed E-state index contributed by atoms with van der Waals surface area (Å²) in [5, 5.41) is 13.4. The van der Waals surface area contributed by atoms with Crippen molar-refractivity contribution in [2.75, 3.05) is 13.1 Å². The topological polar surface area (TPSA) is 66.6 Å². The van der Waals surface area contributed by atoms with Crippen molar-refractivity contribution in [3.8, 4) is 22.6 Å². The lowest BCUT2D eigenvalue weighted by Crippen LogP contribution is -2.49. The lowest BCUT2D eigenvalue weighted by molar-refractivity contribution is -0.147. The molecule has 8 heteroatoms. The van der Waals surface area contributed by atoms with Crippen LogP contribution >= 0.6 is 0 Å². The monoisotopic (exact) mass is 510 g/mol. The molecule has 3 aromatic rings. The van der Waals surface area contributed by atoms with Gasteiger partial charge in [-0.25, -0.2) is 0 Å². The molecule has 0 atom stereocenters. The second kappa shape index (κ2) is 9.31. The molecule has 0 amide bonds. The standard InChI is InChI=1S/C29H29F3N2O3/c30-29(31,32)25-13-20(8-10-22(25)18-4-2-1-3-5-18)27-24-11-7-19-12-17(6-9-23(19)26(24)33-37-27)14-34-15-21(16-34)28(35)36/h6,8-10,12-13,18,21H,1-5,7,11,14-16H2,(H,35,36). The van der Waals surface area contributed by atoms with Crippen LogP contribution in [0.5, 0.6) is 0 Å². The minimum atomic E-state index is -4.42. The first kappa shape index (κ1) is 24.2. The normalized spacial score (nSPS) is 18.8. The number of carboxylic acid groups (broad SMARTS) is 1. The van der Waals surface area contributed by atoms with E-state index in [9.17, 15) is 18.0 Å². The first-order chi connectivity index (χ1) is 17.8. The van der Waals surface area contributed by atoms with E-state index in [1.54, 1.807) is 12.1 Å². The molecular weight excluding hydrogens is 481 g/mol. The zero-order valence-corrected chi connectivity index (χ0v) is 20.5. The first-order valence-corrected chi connectivity index (χ1v) is 13.1. The van der Waals surface area contributed by atoms with E-state index < -0.39 is 17.7 Å². The molecule has 194 valence electrons. The van der Waals surface area contributed by atoms with Crippen LogP contribution in [0.1, 0.15) is 65.8 Å². The second-order valence-corrected chi connectivity index (χ2v) is 10.7. The lowest BCUT2D eigenvalue weighted by atomic mass is 9.81. The molecule has 5 nitrogen and oxygen atoms in total. The van der Waals surface area contributed by atoms with Crippen LogP contribution < -0.4 is 0 Å². The Hall–Kier alpha value is -3.13. The van der Waals surface area contributed by atoms with E-state index in [1.807, 2.05) is 12.1 Å². The molecule has 6 rings (SSSR count). The largest absolute Gasteiger partial charge is 0.481 e. The number of hydrogen-bond donors (Lipinski definition) is 1. The van der Waals surface area contributed by atoms with E-state index >= 15 is 0 Å². The van der Waals surface area contributed by atoms with Crippen LogP contribution in [0.25, 0.3) is 22.6 Å². The predicted molar refractivity (Wildman–Crippen MR) is 132 cm³/mol.